The minimum atomic E-state index is -0.431. The number of rotatable bonds is 3. The minimum Gasteiger partial charge on any atom is -0.314 e. The van der Waals surface area contributed by atoms with Crippen LogP contribution < -0.4 is 11.2 Å². The number of hydrogen-bond acceptors (Lipinski definition) is 3. The van der Waals surface area contributed by atoms with Gasteiger partial charge < -0.3 is 4.57 Å². The van der Waals surface area contributed by atoms with Crippen LogP contribution in [0.25, 0.3) is 16.9 Å². The van der Waals surface area contributed by atoms with E-state index in [1.165, 1.54) is 9.13 Å². The summed E-state index contributed by atoms with van der Waals surface area (Å²) in [6.45, 7) is 4.78. The summed E-state index contributed by atoms with van der Waals surface area (Å²) in [5.74, 6) is 0.643. The maximum atomic E-state index is 13.2. The molecule has 0 unspecified atom stereocenters. The number of imidazole rings is 2. The Morgan fingerprint density at radius 2 is 1.85 bits per heavy atom. The van der Waals surface area contributed by atoms with E-state index in [1.807, 2.05) is 24.6 Å². The lowest BCUT2D eigenvalue weighted by Crippen LogP contribution is -2.39. The topological polar surface area (TPSA) is 66.2 Å². The molecule has 4 aromatic rings. The molecule has 0 amide bonds. The molecule has 0 aliphatic heterocycles. The second-order valence-corrected chi connectivity index (χ2v) is 7.26. The fourth-order valence-corrected chi connectivity index (χ4v) is 3.73. The third-order valence-corrected chi connectivity index (χ3v) is 5.52. The summed E-state index contributed by atoms with van der Waals surface area (Å²) < 4.78 is 6.33. The van der Waals surface area contributed by atoms with Crippen LogP contribution in [0.15, 0.2) is 34.0 Å². The van der Waals surface area contributed by atoms with Crippen molar-refractivity contribution < 1.29 is 0 Å². The Bertz CT molecular complexity index is 1330. The van der Waals surface area contributed by atoms with Crippen molar-refractivity contribution in [2.75, 3.05) is 0 Å². The molecule has 0 bridgehead atoms. The maximum Gasteiger partial charge on any atom is 0.332 e. The Balaban J connectivity index is 2.01. The normalized spacial score (nSPS) is 11.7. The molecule has 9 heteroatoms. The summed E-state index contributed by atoms with van der Waals surface area (Å²) in [7, 11) is 1.62. The van der Waals surface area contributed by atoms with Crippen LogP contribution >= 0.6 is 23.2 Å². The molecule has 0 saturated carbocycles. The van der Waals surface area contributed by atoms with Crippen LogP contribution in [0.3, 0.4) is 0 Å². The van der Waals surface area contributed by atoms with E-state index in [4.69, 9.17) is 23.2 Å². The summed E-state index contributed by atoms with van der Waals surface area (Å²) in [4.78, 5) is 30.5. The predicted molar refractivity (Wildman–Crippen MR) is 106 cm³/mol. The molecule has 3 heterocycles. The molecule has 3 aromatic heterocycles. The summed E-state index contributed by atoms with van der Waals surface area (Å²) in [5.41, 5.74) is 1.63. The van der Waals surface area contributed by atoms with Gasteiger partial charge in [-0.2, -0.15) is 4.98 Å². The molecular formula is C18H17Cl2N5O2. The van der Waals surface area contributed by atoms with Gasteiger partial charge in [0.1, 0.15) is 0 Å². The van der Waals surface area contributed by atoms with Gasteiger partial charge in [-0.15, -0.1) is 0 Å². The second kappa shape index (κ2) is 6.28. The fourth-order valence-electron chi connectivity index (χ4n) is 3.41. The molecule has 27 heavy (non-hydrogen) atoms. The summed E-state index contributed by atoms with van der Waals surface area (Å²) in [5, 5.41) is 0.799. The highest BCUT2D eigenvalue weighted by molar-refractivity contribution is 6.42. The Morgan fingerprint density at radius 3 is 2.52 bits per heavy atom. The Kier molecular flexibility index (Phi) is 4.16. The van der Waals surface area contributed by atoms with Gasteiger partial charge in [0.2, 0.25) is 5.78 Å². The smallest absolute Gasteiger partial charge is 0.314 e. The van der Waals surface area contributed by atoms with Gasteiger partial charge in [-0.1, -0.05) is 29.3 Å². The van der Waals surface area contributed by atoms with Crippen molar-refractivity contribution in [1.82, 2.24) is 23.1 Å². The zero-order valence-electron chi connectivity index (χ0n) is 15.0. The molecule has 0 saturated heterocycles. The van der Waals surface area contributed by atoms with Crippen LogP contribution in [0.5, 0.6) is 0 Å². The van der Waals surface area contributed by atoms with Gasteiger partial charge in [0.15, 0.2) is 11.2 Å². The standard InChI is InChI=1S/C18H17Cl2N5O2/c1-4-23-10(2)8-24-14-15(21-17(23)24)22(3)18(27)25(16(14)26)9-11-5-6-12(19)13(20)7-11/h5-8H,4,9H2,1-3H3. The first-order chi connectivity index (χ1) is 12.8. The Labute approximate surface area is 164 Å². The lowest BCUT2D eigenvalue weighted by atomic mass is 10.2. The van der Waals surface area contributed by atoms with E-state index in [0.717, 1.165) is 12.2 Å². The predicted octanol–water partition coefficient (Wildman–Crippen LogP) is 2.83. The van der Waals surface area contributed by atoms with E-state index in [0.29, 0.717) is 32.6 Å². The monoisotopic (exact) mass is 405 g/mol. The van der Waals surface area contributed by atoms with Gasteiger partial charge >= 0.3 is 5.69 Å². The Hall–Kier alpha value is -2.51. The van der Waals surface area contributed by atoms with Crippen molar-refractivity contribution in [2.24, 2.45) is 7.05 Å². The second-order valence-electron chi connectivity index (χ2n) is 6.45. The fraction of sp³-hybridized carbons (Fsp3) is 0.278. The molecule has 7 nitrogen and oxygen atoms in total. The van der Waals surface area contributed by atoms with Gasteiger partial charge in [-0.25, -0.2) is 4.79 Å². The molecule has 0 aliphatic carbocycles. The molecular weight excluding hydrogens is 389 g/mol. The molecule has 0 N–H and O–H groups in total. The first-order valence-electron chi connectivity index (χ1n) is 8.45. The molecule has 4 rings (SSSR count). The molecule has 0 fully saturated rings. The minimum absolute atomic E-state index is 0.0963. The van der Waals surface area contributed by atoms with Crippen LogP contribution in [0.1, 0.15) is 18.2 Å². The highest BCUT2D eigenvalue weighted by Gasteiger charge is 2.20. The first kappa shape index (κ1) is 17.9. The van der Waals surface area contributed by atoms with Crippen LogP contribution in [0.2, 0.25) is 10.0 Å². The molecule has 0 aliphatic rings. The third kappa shape index (κ3) is 2.61. The van der Waals surface area contributed by atoms with Gasteiger partial charge in [0, 0.05) is 25.5 Å². The quantitative estimate of drug-likeness (QED) is 0.526. The zero-order chi connectivity index (χ0) is 19.5. The lowest BCUT2D eigenvalue weighted by Gasteiger charge is -2.09. The van der Waals surface area contributed by atoms with E-state index in [1.54, 1.807) is 29.6 Å². The van der Waals surface area contributed by atoms with Gasteiger partial charge in [0.05, 0.1) is 16.6 Å². The van der Waals surface area contributed by atoms with E-state index in [9.17, 15) is 9.59 Å². The Morgan fingerprint density at radius 1 is 1.11 bits per heavy atom. The van der Waals surface area contributed by atoms with Crippen LogP contribution in [-0.2, 0) is 20.1 Å². The van der Waals surface area contributed by atoms with Crippen molar-refractivity contribution in [3.63, 3.8) is 0 Å². The zero-order valence-corrected chi connectivity index (χ0v) is 16.5. The third-order valence-electron chi connectivity index (χ3n) is 4.78. The number of nitrogens with zero attached hydrogens (tertiary/aromatic N) is 5. The van der Waals surface area contributed by atoms with E-state index < -0.39 is 5.69 Å². The van der Waals surface area contributed by atoms with Crippen LogP contribution in [0, 0.1) is 6.92 Å². The number of benzene rings is 1. The lowest BCUT2D eigenvalue weighted by molar-refractivity contribution is 0.656. The van der Waals surface area contributed by atoms with E-state index in [-0.39, 0.29) is 12.1 Å². The van der Waals surface area contributed by atoms with Crippen LogP contribution in [0.4, 0.5) is 0 Å². The number of hydrogen-bond donors (Lipinski definition) is 0. The highest BCUT2D eigenvalue weighted by Crippen LogP contribution is 2.23. The number of halogens is 2. The van der Waals surface area contributed by atoms with Crippen molar-refractivity contribution in [3.8, 4) is 0 Å². The molecule has 0 radical (unpaired) electrons. The maximum absolute atomic E-state index is 13.2. The highest BCUT2D eigenvalue weighted by atomic mass is 35.5. The molecule has 0 atom stereocenters. The molecule has 0 spiro atoms. The van der Waals surface area contributed by atoms with E-state index in [2.05, 4.69) is 4.98 Å². The average molecular weight is 406 g/mol. The number of aromatic nitrogens is 5. The number of aryl methyl sites for hydroxylation is 3. The molecule has 140 valence electrons. The van der Waals surface area contributed by atoms with Gasteiger partial charge in [-0.3, -0.25) is 18.3 Å². The van der Waals surface area contributed by atoms with Crippen molar-refractivity contribution >= 4 is 40.1 Å². The largest absolute Gasteiger partial charge is 0.332 e. The first-order valence-corrected chi connectivity index (χ1v) is 9.20. The van der Waals surface area contributed by atoms with Crippen molar-refractivity contribution in [2.45, 2.75) is 26.9 Å². The van der Waals surface area contributed by atoms with E-state index >= 15 is 0 Å². The van der Waals surface area contributed by atoms with Gasteiger partial charge in [-0.05, 0) is 31.5 Å². The SMILES string of the molecule is CCn1c(C)cn2c3c(=O)n(Cc4ccc(Cl)c(Cl)c4)c(=O)n(C)c3nc12. The summed E-state index contributed by atoms with van der Waals surface area (Å²) >= 11 is 12.0. The van der Waals surface area contributed by atoms with Gasteiger partial charge in [0.25, 0.3) is 5.56 Å². The van der Waals surface area contributed by atoms with Crippen molar-refractivity contribution in [1.29, 1.82) is 0 Å². The summed E-state index contributed by atoms with van der Waals surface area (Å²) in [6.07, 6.45) is 1.86. The summed E-state index contributed by atoms with van der Waals surface area (Å²) in [6, 6.07) is 5.05. The average Bonchev–Trinajstić information content (AvgIpc) is 3.14. The van der Waals surface area contributed by atoms with Crippen LogP contribution in [-0.4, -0.2) is 23.1 Å². The molecule has 1 aromatic carbocycles. The van der Waals surface area contributed by atoms with Crippen molar-refractivity contribution in [3.05, 3.63) is 66.5 Å². The number of fused-ring (bicyclic) bond motifs is 3.